The van der Waals surface area contributed by atoms with Crippen LogP contribution >= 0.6 is 0 Å². The minimum atomic E-state index is -0.962. The molecule has 6 rings (SSSR count). The fourth-order valence-corrected chi connectivity index (χ4v) is 5.42. The minimum absolute atomic E-state index is 0.146. The lowest BCUT2D eigenvalue weighted by molar-refractivity contribution is -0.384. The predicted octanol–water partition coefficient (Wildman–Crippen LogP) is 3.36. The number of imide groups is 1. The Bertz CT molecular complexity index is 1420. The van der Waals surface area contributed by atoms with Crippen molar-refractivity contribution in [3.05, 3.63) is 106 Å². The van der Waals surface area contributed by atoms with Crippen LogP contribution in [-0.4, -0.2) is 39.8 Å². The van der Waals surface area contributed by atoms with Gasteiger partial charge < -0.3 is 0 Å². The molecule has 3 aliphatic heterocycles. The lowest BCUT2D eigenvalue weighted by atomic mass is 9.83. The summed E-state index contributed by atoms with van der Waals surface area (Å²) in [5, 5.41) is 17.2. The summed E-state index contributed by atoms with van der Waals surface area (Å²) in [5.41, 5.74) is 2.18. The first-order valence-electron chi connectivity index (χ1n) is 11.1. The second-order valence-electron chi connectivity index (χ2n) is 8.71. The van der Waals surface area contributed by atoms with Crippen molar-refractivity contribution in [3.63, 3.8) is 0 Å². The number of fused-ring (bicyclic) bond motifs is 5. The summed E-state index contributed by atoms with van der Waals surface area (Å²) in [4.78, 5) is 52.8. The third-order valence-electron chi connectivity index (χ3n) is 6.94. The van der Waals surface area contributed by atoms with E-state index in [9.17, 15) is 24.5 Å². The first-order valence-corrected chi connectivity index (χ1v) is 11.1. The van der Waals surface area contributed by atoms with E-state index >= 15 is 0 Å². The molecule has 4 atom stereocenters. The fraction of sp³-hybridized carbons (Fsp3) is 0.154. The van der Waals surface area contributed by atoms with Crippen molar-refractivity contribution in [1.29, 1.82) is 0 Å². The molecule has 0 bridgehead atoms. The minimum Gasteiger partial charge on any atom is -0.292 e. The van der Waals surface area contributed by atoms with Crippen LogP contribution in [0.15, 0.2) is 84.0 Å². The molecule has 172 valence electrons. The van der Waals surface area contributed by atoms with Crippen LogP contribution in [-0.2, 0) is 9.59 Å². The zero-order valence-electron chi connectivity index (χ0n) is 18.2. The lowest BCUT2D eigenvalue weighted by Gasteiger charge is -2.33. The van der Waals surface area contributed by atoms with Gasteiger partial charge in [-0.1, -0.05) is 54.6 Å². The van der Waals surface area contributed by atoms with Gasteiger partial charge in [-0.05, 0) is 23.3 Å². The van der Waals surface area contributed by atoms with Crippen LogP contribution in [0.4, 0.5) is 11.4 Å². The van der Waals surface area contributed by atoms with E-state index in [1.54, 1.807) is 41.6 Å². The van der Waals surface area contributed by atoms with Gasteiger partial charge in [0.25, 0.3) is 5.69 Å². The molecule has 9 heteroatoms. The Morgan fingerprint density at radius 2 is 1.51 bits per heavy atom. The van der Waals surface area contributed by atoms with Crippen LogP contribution in [0.3, 0.4) is 0 Å². The molecule has 0 aliphatic carbocycles. The van der Waals surface area contributed by atoms with Crippen molar-refractivity contribution < 1.29 is 19.3 Å². The van der Waals surface area contributed by atoms with Gasteiger partial charge in [0.15, 0.2) is 5.78 Å². The normalized spacial score (nSPS) is 24.2. The van der Waals surface area contributed by atoms with Crippen molar-refractivity contribution in [2.24, 2.45) is 16.9 Å². The van der Waals surface area contributed by atoms with E-state index in [-0.39, 0.29) is 17.2 Å². The van der Waals surface area contributed by atoms with E-state index < -0.39 is 40.7 Å². The van der Waals surface area contributed by atoms with Gasteiger partial charge in [-0.2, -0.15) is 5.10 Å². The number of carbonyl (C=O) groups excluding carboxylic acids is 3. The molecule has 3 aliphatic rings. The van der Waals surface area contributed by atoms with Gasteiger partial charge in [0.05, 0.1) is 34.7 Å². The van der Waals surface area contributed by atoms with E-state index in [1.807, 2.05) is 24.3 Å². The molecule has 0 spiro atoms. The van der Waals surface area contributed by atoms with E-state index in [2.05, 4.69) is 5.10 Å². The van der Waals surface area contributed by atoms with Gasteiger partial charge in [0, 0.05) is 17.7 Å². The predicted molar refractivity (Wildman–Crippen MR) is 126 cm³/mol. The fourth-order valence-electron chi connectivity index (χ4n) is 5.42. The maximum atomic E-state index is 13.8. The summed E-state index contributed by atoms with van der Waals surface area (Å²) >= 11 is 0. The smallest absolute Gasteiger partial charge is 0.269 e. The van der Waals surface area contributed by atoms with Crippen LogP contribution in [0.1, 0.15) is 27.5 Å². The van der Waals surface area contributed by atoms with Crippen molar-refractivity contribution in [1.82, 2.24) is 5.01 Å². The van der Waals surface area contributed by atoms with Gasteiger partial charge in [-0.3, -0.25) is 29.5 Å². The van der Waals surface area contributed by atoms with Gasteiger partial charge in [-0.15, -0.1) is 0 Å². The summed E-state index contributed by atoms with van der Waals surface area (Å²) in [6, 6.07) is 19.9. The van der Waals surface area contributed by atoms with Gasteiger partial charge in [0.1, 0.15) is 6.04 Å². The maximum absolute atomic E-state index is 13.8. The molecular formula is C26H18N4O5. The number of hydrogen-bond acceptors (Lipinski definition) is 7. The van der Waals surface area contributed by atoms with Gasteiger partial charge in [-0.25, -0.2) is 4.90 Å². The number of carbonyl (C=O) groups is 3. The summed E-state index contributed by atoms with van der Waals surface area (Å²) < 4.78 is 0. The zero-order valence-corrected chi connectivity index (χ0v) is 18.2. The van der Waals surface area contributed by atoms with Crippen molar-refractivity contribution in [3.8, 4) is 0 Å². The Kier molecular flexibility index (Phi) is 4.60. The molecule has 0 radical (unpaired) electrons. The summed E-state index contributed by atoms with van der Waals surface area (Å²) in [7, 11) is 0. The number of non-ortho nitro benzene ring substituents is 1. The molecule has 3 aromatic rings. The lowest BCUT2D eigenvalue weighted by Crippen LogP contribution is -2.44. The van der Waals surface area contributed by atoms with E-state index in [4.69, 9.17) is 0 Å². The number of nitro benzene ring substituents is 1. The molecule has 3 heterocycles. The number of anilines is 1. The molecule has 0 N–H and O–H groups in total. The van der Waals surface area contributed by atoms with Crippen LogP contribution < -0.4 is 4.90 Å². The Balaban J connectivity index is 1.47. The molecule has 3 aromatic carbocycles. The Morgan fingerprint density at radius 3 is 2.23 bits per heavy atom. The number of Topliss-reactive ketones (excluding diaryl/α,β-unsaturated/α-hetero) is 1. The summed E-state index contributed by atoms with van der Waals surface area (Å²) in [5.74, 6) is -3.01. The number of amides is 2. The van der Waals surface area contributed by atoms with Crippen LogP contribution in [0.25, 0.3) is 0 Å². The monoisotopic (exact) mass is 466 g/mol. The summed E-state index contributed by atoms with van der Waals surface area (Å²) in [6.07, 6.45) is 1.65. The molecule has 0 unspecified atom stereocenters. The second-order valence-corrected chi connectivity index (χ2v) is 8.71. The first kappa shape index (κ1) is 20.9. The van der Waals surface area contributed by atoms with Gasteiger partial charge in [0.2, 0.25) is 11.8 Å². The zero-order chi connectivity index (χ0) is 24.3. The highest BCUT2D eigenvalue weighted by molar-refractivity contribution is 6.24. The Morgan fingerprint density at radius 1 is 0.857 bits per heavy atom. The maximum Gasteiger partial charge on any atom is 0.269 e. The van der Waals surface area contributed by atoms with E-state index in [1.165, 1.54) is 24.3 Å². The topological polar surface area (TPSA) is 113 Å². The molecule has 9 nitrogen and oxygen atoms in total. The number of hydrazone groups is 1. The molecule has 2 saturated heterocycles. The van der Waals surface area contributed by atoms with Crippen molar-refractivity contribution in [2.45, 2.75) is 12.1 Å². The van der Waals surface area contributed by atoms with Gasteiger partial charge >= 0.3 is 0 Å². The standard InChI is InChI=1S/C26H18N4O5/c31-24(15-6-2-1-3-7-15)23-21-20(22-19-9-5-4-8-16(19)14-27-29(22)23)25(32)28(26(21)33)17-10-12-18(13-11-17)30(34)35/h1-14,20-23H/t20-,21+,22+,23-/m0/s1. The first-order chi connectivity index (χ1) is 17.0. The molecule has 2 fully saturated rings. The van der Waals surface area contributed by atoms with Crippen LogP contribution in [0.5, 0.6) is 0 Å². The molecule has 0 saturated carbocycles. The number of nitrogens with zero attached hydrogens (tertiary/aromatic N) is 4. The number of rotatable bonds is 4. The highest BCUT2D eigenvalue weighted by atomic mass is 16.6. The average Bonchev–Trinajstić information content (AvgIpc) is 3.36. The number of benzene rings is 3. The highest BCUT2D eigenvalue weighted by Gasteiger charge is 2.65. The number of hydrogen-bond donors (Lipinski definition) is 0. The third-order valence-corrected chi connectivity index (χ3v) is 6.94. The van der Waals surface area contributed by atoms with Crippen LogP contribution in [0, 0.1) is 22.0 Å². The molecule has 2 amide bonds. The Labute approximate surface area is 199 Å². The average molecular weight is 466 g/mol. The van der Waals surface area contributed by atoms with E-state index in [0.29, 0.717) is 5.56 Å². The van der Waals surface area contributed by atoms with E-state index in [0.717, 1.165) is 16.0 Å². The number of nitro groups is 1. The van der Waals surface area contributed by atoms with Crippen LogP contribution in [0.2, 0.25) is 0 Å². The largest absolute Gasteiger partial charge is 0.292 e. The SMILES string of the molecule is O=C(c1ccccc1)[C@@H]1[C@@H]2C(=O)N(c3ccc([N+](=O)[O-])cc3)C(=O)[C@@H]2[C@H]2c3ccccc3C=NN12. The quantitative estimate of drug-likeness (QED) is 0.252. The third kappa shape index (κ3) is 3.01. The molecular weight excluding hydrogens is 448 g/mol. The second kappa shape index (κ2) is 7.69. The molecule has 0 aromatic heterocycles. The van der Waals surface area contributed by atoms with Crippen molar-refractivity contribution >= 4 is 35.2 Å². The Hall–Kier alpha value is -4.66. The summed E-state index contributed by atoms with van der Waals surface area (Å²) in [6.45, 7) is 0. The molecule has 35 heavy (non-hydrogen) atoms. The van der Waals surface area contributed by atoms with Crippen molar-refractivity contribution in [2.75, 3.05) is 4.90 Å². The highest BCUT2D eigenvalue weighted by Crippen LogP contribution is 2.53. The number of ketones is 1.